The third kappa shape index (κ3) is 5.72. The number of hydrogen-bond donors (Lipinski definition) is 1. The van der Waals surface area contributed by atoms with Crippen LogP contribution >= 0.6 is 0 Å². The zero-order valence-electron chi connectivity index (χ0n) is 21.1. The topological polar surface area (TPSA) is 54.0 Å². The fourth-order valence-electron chi connectivity index (χ4n) is 5.28. The van der Waals surface area contributed by atoms with Crippen molar-refractivity contribution in [2.75, 3.05) is 50.1 Å². The normalized spacial score (nSPS) is 19.3. The van der Waals surface area contributed by atoms with E-state index in [1.807, 2.05) is 30.3 Å². The summed E-state index contributed by atoms with van der Waals surface area (Å²) in [6.45, 7) is 3.14. The summed E-state index contributed by atoms with van der Waals surface area (Å²) in [6, 6.07) is 20.3. The second kappa shape index (κ2) is 10.9. The number of carbonyl (C=O) groups excluding carboxylic acids is 1. The van der Waals surface area contributed by atoms with Crippen molar-refractivity contribution >= 4 is 17.3 Å². The lowest BCUT2D eigenvalue weighted by molar-refractivity contribution is -0.137. The Morgan fingerprint density at radius 3 is 2.47 bits per heavy atom. The van der Waals surface area contributed by atoms with Crippen LogP contribution in [0.3, 0.4) is 0 Å². The summed E-state index contributed by atoms with van der Waals surface area (Å²) in [5.41, 5.74) is 1.24. The average Bonchev–Trinajstić information content (AvgIpc) is 2.92. The van der Waals surface area contributed by atoms with Crippen LogP contribution in [-0.4, -0.2) is 56.7 Å². The SMILES string of the molecule is COc1ccc(NC(=O)C2Cc3cc(C(F)(F)F)ccc3N3CCN(CCOc4ccccc4)CC23)cc1. The zero-order valence-corrected chi connectivity index (χ0v) is 21.1. The molecule has 2 unspecified atom stereocenters. The van der Waals surface area contributed by atoms with Gasteiger partial charge in [0.2, 0.25) is 5.91 Å². The molecule has 0 spiro atoms. The minimum absolute atomic E-state index is 0.178. The molecule has 3 aromatic rings. The number of fused-ring (bicyclic) bond motifs is 3. The Bertz CT molecular complexity index is 1250. The molecule has 1 fully saturated rings. The van der Waals surface area contributed by atoms with E-state index in [1.165, 1.54) is 6.07 Å². The number of hydrogen-bond acceptors (Lipinski definition) is 5. The molecule has 1 saturated heterocycles. The smallest absolute Gasteiger partial charge is 0.416 e. The van der Waals surface area contributed by atoms with Crippen LogP contribution in [0.1, 0.15) is 11.1 Å². The third-order valence-corrected chi connectivity index (χ3v) is 7.24. The second-order valence-electron chi connectivity index (χ2n) is 9.59. The van der Waals surface area contributed by atoms with Crippen molar-refractivity contribution in [2.24, 2.45) is 5.92 Å². The number of alkyl halides is 3. The lowest BCUT2D eigenvalue weighted by Crippen LogP contribution is -2.60. The van der Waals surface area contributed by atoms with Crippen LogP contribution in [0.15, 0.2) is 72.8 Å². The van der Waals surface area contributed by atoms with Gasteiger partial charge in [0.25, 0.3) is 0 Å². The van der Waals surface area contributed by atoms with E-state index in [9.17, 15) is 18.0 Å². The molecule has 38 heavy (non-hydrogen) atoms. The minimum atomic E-state index is -4.44. The number of ether oxygens (including phenoxy) is 2. The van der Waals surface area contributed by atoms with Crippen LogP contribution in [0.2, 0.25) is 0 Å². The first-order valence-corrected chi connectivity index (χ1v) is 12.6. The minimum Gasteiger partial charge on any atom is -0.497 e. The van der Waals surface area contributed by atoms with Gasteiger partial charge >= 0.3 is 6.18 Å². The molecular formula is C29H30F3N3O3. The molecule has 2 aliphatic heterocycles. The number of nitrogens with one attached hydrogen (secondary N) is 1. The summed E-state index contributed by atoms with van der Waals surface area (Å²) >= 11 is 0. The molecular weight excluding hydrogens is 495 g/mol. The molecule has 200 valence electrons. The maximum atomic E-state index is 13.5. The molecule has 2 atom stereocenters. The van der Waals surface area contributed by atoms with Crippen LogP contribution in [0.5, 0.6) is 11.5 Å². The van der Waals surface area contributed by atoms with Gasteiger partial charge in [0.1, 0.15) is 18.1 Å². The molecule has 0 aromatic heterocycles. The van der Waals surface area contributed by atoms with Gasteiger partial charge in [-0.3, -0.25) is 9.69 Å². The lowest BCUT2D eigenvalue weighted by Gasteiger charge is -2.49. The Morgan fingerprint density at radius 1 is 1.00 bits per heavy atom. The fourth-order valence-corrected chi connectivity index (χ4v) is 5.28. The number of halogens is 3. The molecule has 6 nitrogen and oxygen atoms in total. The standard InChI is InChI=1S/C29H30F3N3O3/c1-37-23-10-8-22(9-11-23)33-28(36)25-18-20-17-21(29(30,31)32)7-12-26(20)35-14-13-34(19-27(25)35)15-16-38-24-5-3-2-4-6-24/h2-12,17,25,27H,13-16,18-19H2,1H3,(H,33,36). The Balaban J connectivity index is 1.35. The molecule has 1 N–H and O–H groups in total. The van der Waals surface area contributed by atoms with Crippen molar-refractivity contribution < 1.29 is 27.4 Å². The third-order valence-electron chi connectivity index (χ3n) is 7.24. The fraction of sp³-hybridized carbons (Fsp3) is 0.345. The number of piperazine rings is 1. The number of rotatable bonds is 7. The molecule has 0 saturated carbocycles. The van der Waals surface area contributed by atoms with Crippen molar-refractivity contribution in [3.05, 3.63) is 83.9 Å². The summed E-state index contributed by atoms with van der Waals surface area (Å²) in [5, 5.41) is 2.96. The first-order valence-electron chi connectivity index (χ1n) is 12.6. The second-order valence-corrected chi connectivity index (χ2v) is 9.59. The first-order chi connectivity index (χ1) is 18.3. The molecule has 0 bridgehead atoms. The molecule has 0 radical (unpaired) electrons. The summed E-state index contributed by atoms with van der Waals surface area (Å²) in [4.78, 5) is 17.9. The number of benzene rings is 3. The summed E-state index contributed by atoms with van der Waals surface area (Å²) in [5.74, 6) is 0.734. The van der Waals surface area contributed by atoms with Gasteiger partial charge in [-0.25, -0.2) is 0 Å². The van der Waals surface area contributed by atoms with E-state index >= 15 is 0 Å². The predicted molar refractivity (Wildman–Crippen MR) is 140 cm³/mol. The highest BCUT2D eigenvalue weighted by Gasteiger charge is 2.42. The number of nitrogens with zero attached hydrogens (tertiary/aromatic N) is 2. The van der Waals surface area contributed by atoms with Gasteiger partial charge in [0.15, 0.2) is 0 Å². The summed E-state index contributed by atoms with van der Waals surface area (Å²) < 4.78 is 51.5. The highest BCUT2D eigenvalue weighted by atomic mass is 19.4. The molecule has 5 rings (SSSR count). The van der Waals surface area contributed by atoms with Crippen LogP contribution in [0, 0.1) is 5.92 Å². The number of amides is 1. The van der Waals surface area contributed by atoms with E-state index in [2.05, 4.69) is 15.1 Å². The van der Waals surface area contributed by atoms with E-state index < -0.39 is 17.7 Å². The van der Waals surface area contributed by atoms with Crippen molar-refractivity contribution in [1.29, 1.82) is 0 Å². The molecule has 0 aliphatic carbocycles. The van der Waals surface area contributed by atoms with E-state index in [1.54, 1.807) is 37.4 Å². The van der Waals surface area contributed by atoms with Gasteiger partial charge in [-0.2, -0.15) is 13.2 Å². The highest BCUT2D eigenvalue weighted by Crippen LogP contribution is 2.40. The van der Waals surface area contributed by atoms with Crippen LogP contribution in [-0.2, 0) is 17.4 Å². The quantitative estimate of drug-likeness (QED) is 0.466. The number of carbonyl (C=O) groups is 1. The van der Waals surface area contributed by atoms with Gasteiger partial charge in [0.05, 0.1) is 24.6 Å². The van der Waals surface area contributed by atoms with E-state index in [0.717, 1.165) is 24.0 Å². The predicted octanol–water partition coefficient (Wildman–Crippen LogP) is 5.09. The number of para-hydroxylation sites is 1. The van der Waals surface area contributed by atoms with Gasteiger partial charge in [-0.15, -0.1) is 0 Å². The first kappa shape index (κ1) is 25.9. The Morgan fingerprint density at radius 2 is 1.76 bits per heavy atom. The lowest BCUT2D eigenvalue weighted by atomic mass is 9.82. The number of methoxy groups -OCH3 is 1. The average molecular weight is 526 g/mol. The van der Waals surface area contributed by atoms with Crippen molar-refractivity contribution in [2.45, 2.75) is 18.6 Å². The highest BCUT2D eigenvalue weighted by molar-refractivity contribution is 5.94. The van der Waals surface area contributed by atoms with Crippen molar-refractivity contribution in [1.82, 2.24) is 4.90 Å². The maximum absolute atomic E-state index is 13.5. The van der Waals surface area contributed by atoms with E-state index in [0.29, 0.717) is 43.2 Å². The monoisotopic (exact) mass is 525 g/mol. The molecule has 1 amide bonds. The van der Waals surface area contributed by atoms with E-state index in [4.69, 9.17) is 9.47 Å². The Kier molecular flexibility index (Phi) is 7.46. The molecule has 9 heteroatoms. The number of anilines is 2. The molecule has 2 heterocycles. The van der Waals surface area contributed by atoms with Crippen LogP contribution < -0.4 is 19.7 Å². The summed E-state index contributed by atoms with van der Waals surface area (Å²) in [7, 11) is 1.57. The zero-order chi connectivity index (χ0) is 26.7. The summed E-state index contributed by atoms with van der Waals surface area (Å²) in [6.07, 6.45) is -4.21. The van der Waals surface area contributed by atoms with Gasteiger partial charge in [0, 0.05) is 37.6 Å². The van der Waals surface area contributed by atoms with Gasteiger partial charge < -0.3 is 19.7 Å². The van der Waals surface area contributed by atoms with E-state index in [-0.39, 0.29) is 18.4 Å². The van der Waals surface area contributed by atoms with Crippen molar-refractivity contribution in [3.8, 4) is 11.5 Å². The van der Waals surface area contributed by atoms with Gasteiger partial charge in [-0.1, -0.05) is 18.2 Å². The largest absolute Gasteiger partial charge is 0.497 e. The molecule has 3 aromatic carbocycles. The maximum Gasteiger partial charge on any atom is 0.416 e. The van der Waals surface area contributed by atoms with Crippen LogP contribution in [0.25, 0.3) is 0 Å². The van der Waals surface area contributed by atoms with Crippen LogP contribution in [0.4, 0.5) is 24.5 Å². The molecule has 2 aliphatic rings. The van der Waals surface area contributed by atoms with Crippen molar-refractivity contribution in [3.63, 3.8) is 0 Å². The van der Waals surface area contributed by atoms with Gasteiger partial charge in [-0.05, 0) is 66.6 Å². The Labute approximate surface area is 220 Å². The Hall–Kier alpha value is -3.72.